The minimum Gasteiger partial charge on any atom is -0.453 e. The fourth-order valence-corrected chi connectivity index (χ4v) is 7.74. The van der Waals surface area contributed by atoms with E-state index < -0.39 is 9.84 Å². The van der Waals surface area contributed by atoms with Gasteiger partial charge in [0.25, 0.3) is 0 Å². The average molecular weight is 659 g/mol. The smallest absolute Gasteiger partial charge is 0.206 e. The summed E-state index contributed by atoms with van der Waals surface area (Å²) in [6.07, 6.45) is 0. The van der Waals surface area contributed by atoms with Crippen molar-refractivity contribution in [3.8, 4) is 33.9 Å². The zero-order valence-corrected chi connectivity index (χ0v) is 28.3. The second-order valence-electron chi connectivity index (χ2n) is 13.3. The van der Waals surface area contributed by atoms with Crippen LogP contribution in [-0.2, 0) is 15.3 Å². The number of pyridine rings is 1. The fraction of sp³-hybridized carbons (Fsp3) is 0.0930. The SMILES string of the molecule is CC(C)(C)c1ccc(-c2cc(-c3ccc(S(=O)(=O)c4ccccc4)cc3)nc3c(N4c5ccccc5Oc5ccccc54)cccc23)cc1. The van der Waals surface area contributed by atoms with Gasteiger partial charge in [0.05, 0.1) is 38.1 Å². The summed E-state index contributed by atoms with van der Waals surface area (Å²) < 4.78 is 33.1. The highest BCUT2D eigenvalue weighted by Crippen LogP contribution is 2.52. The maximum atomic E-state index is 13.4. The third-order valence-corrected chi connectivity index (χ3v) is 10.9. The van der Waals surface area contributed by atoms with Crippen LogP contribution in [0.4, 0.5) is 17.1 Å². The molecular weight excluding hydrogens is 625 g/mol. The normalized spacial score (nSPS) is 12.7. The third-order valence-electron chi connectivity index (χ3n) is 9.07. The van der Waals surface area contributed by atoms with Gasteiger partial charge in [0.1, 0.15) is 0 Å². The lowest BCUT2D eigenvalue weighted by Crippen LogP contribution is -2.16. The molecule has 6 aromatic carbocycles. The van der Waals surface area contributed by atoms with Crippen molar-refractivity contribution < 1.29 is 13.2 Å². The van der Waals surface area contributed by atoms with Crippen LogP contribution < -0.4 is 9.64 Å². The number of benzene rings is 6. The van der Waals surface area contributed by atoms with Crippen molar-refractivity contribution in [3.05, 3.63) is 157 Å². The Balaban J connectivity index is 1.34. The molecule has 6 heteroatoms. The summed E-state index contributed by atoms with van der Waals surface area (Å²) in [5.41, 5.74) is 8.54. The van der Waals surface area contributed by atoms with E-state index in [1.54, 1.807) is 36.4 Å². The third kappa shape index (κ3) is 5.44. The first-order valence-electron chi connectivity index (χ1n) is 16.3. The predicted molar refractivity (Wildman–Crippen MR) is 198 cm³/mol. The van der Waals surface area contributed by atoms with Crippen molar-refractivity contribution in [2.75, 3.05) is 4.90 Å². The van der Waals surface area contributed by atoms with E-state index in [-0.39, 0.29) is 15.2 Å². The predicted octanol–water partition coefficient (Wildman–Crippen LogP) is 11.3. The molecule has 0 unspecified atom stereocenters. The number of para-hydroxylation sites is 5. The molecule has 0 aliphatic carbocycles. The van der Waals surface area contributed by atoms with Gasteiger partial charge < -0.3 is 9.64 Å². The van der Waals surface area contributed by atoms with Crippen molar-refractivity contribution in [1.82, 2.24) is 4.98 Å². The number of fused-ring (bicyclic) bond motifs is 3. The van der Waals surface area contributed by atoms with Crippen LogP contribution in [0.5, 0.6) is 11.5 Å². The lowest BCUT2D eigenvalue weighted by Gasteiger charge is -2.33. The maximum absolute atomic E-state index is 13.4. The largest absolute Gasteiger partial charge is 0.453 e. The highest BCUT2D eigenvalue weighted by molar-refractivity contribution is 7.91. The molecule has 1 aliphatic rings. The van der Waals surface area contributed by atoms with Gasteiger partial charge in [-0.1, -0.05) is 112 Å². The van der Waals surface area contributed by atoms with Gasteiger partial charge in [-0.05, 0) is 82.8 Å². The number of ether oxygens (including phenoxy) is 1. The van der Waals surface area contributed by atoms with E-state index in [4.69, 9.17) is 9.72 Å². The Morgan fingerprint density at radius 2 is 1.12 bits per heavy atom. The molecule has 0 amide bonds. The minimum absolute atomic E-state index is 0.0239. The van der Waals surface area contributed by atoms with Gasteiger partial charge in [0, 0.05) is 10.9 Å². The molecule has 7 aromatic rings. The number of hydrogen-bond acceptors (Lipinski definition) is 5. The van der Waals surface area contributed by atoms with Crippen LogP contribution in [0.2, 0.25) is 0 Å². The molecule has 2 heterocycles. The first kappa shape index (κ1) is 30.6. The van der Waals surface area contributed by atoms with Crippen LogP contribution in [0.1, 0.15) is 26.3 Å². The number of sulfone groups is 1. The monoisotopic (exact) mass is 658 g/mol. The summed E-state index contributed by atoms with van der Waals surface area (Å²) in [7, 11) is -3.66. The Bertz CT molecular complexity index is 2400. The molecule has 0 spiro atoms. The van der Waals surface area contributed by atoms with Crippen molar-refractivity contribution >= 4 is 37.8 Å². The van der Waals surface area contributed by atoms with Gasteiger partial charge in [-0.15, -0.1) is 0 Å². The first-order chi connectivity index (χ1) is 23.7. The second kappa shape index (κ2) is 11.8. The molecule has 0 saturated carbocycles. The summed E-state index contributed by atoms with van der Waals surface area (Å²) in [4.78, 5) is 8.05. The number of anilines is 3. The molecule has 1 aromatic heterocycles. The fourth-order valence-electron chi connectivity index (χ4n) is 6.46. The van der Waals surface area contributed by atoms with Gasteiger partial charge in [-0.2, -0.15) is 0 Å². The Morgan fingerprint density at radius 1 is 0.571 bits per heavy atom. The summed E-state index contributed by atoms with van der Waals surface area (Å²) in [6.45, 7) is 6.65. The Kier molecular flexibility index (Phi) is 7.34. The highest BCUT2D eigenvalue weighted by Gasteiger charge is 2.28. The number of aromatic nitrogens is 1. The van der Waals surface area contributed by atoms with Crippen LogP contribution in [0.15, 0.2) is 161 Å². The standard InChI is InChI=1S/C43H34N2O3S/c1-43(2,3)31-24-20-29(21-25-31)35-28-36(30-22-26-33(27-23-30)49(46,47)32-12-5-4-6-13-32)44-42-34(35)14-11-17-39(42)45-37-15-7-9-18-40(37)48-41-19-10-8-16-38(41)45/h4-28H,1-3H3. The van der Waals surface area contributed by atoms with Gasteiger partial charge in [-0.25, -0.2) is 13.4 Å². The second-order valence-corrected chi connectivity index (χ2v) is 15.2. The lowest BCUT2D eigenvalue weighted by molar-refractivity contribution is 0.477. The molecule has 0 N–H and O–H groups in total. The number of hydrogen-bond donors (Lipinski definition) is 0. The Labute approximate surface area is 287 Å². The highest BCUT2D eigenvalue weighted by atomic mass is 32.2. The molecule has 0 radical (unpaired) electrons. The number of rotatable bonds is 5. The molecular formula is C43H34N2O3S. The van der Waals surface area contributed by atoms with E-state index in [1.165, 1.54) is 5.56 Å². The summed E-state index contributed by atoms with van der Waals surface area (Å²) in [5.74, 6) is 1.53. The van der Waals surface area contributed by atoms with Gasteiger partial charge in [0.2, 0.25) is 9.84 Å². The van der Waals surface area contributed by atoms with Crippen molar-refractivity contribution in [1.29, 1.82) is 0 Å². The Morgan fingerprint density at radius 3 is 1.76 bits per heavy atom. The summed E-state index contributed by atoms with van der Waals surface area (Å²) in [6, 6.07) is 48.8. The minimum atomic E-state index is -3.66. The van der Waals surface area contributed by atoms with E-state index in [1.807, 2.05) is 54.6 Å². The van der Waals surface area contributed by atoms with Crippen LogP contribution in [0, 0.1) is 0 Å². The average Bonchev–Trinajstić information content (AvgIpc) is 3.13. The van der Waals surface area contributed by atoms with Gasteiger partial charge >= 0.3 is 0 Å². The van der Waals surface area contributed by atoms with E-state index >= 15 is 0 Å². The zero-order chi connectivity index (χ0) is 33.8. The lowest BCUT2D eigenvalue weighted by atomic mass is 9.86. The van der Waals surface area contributed by atoms with Crippen LogP contribution in [0.25, 0.3) is 33.3 Å². The van der Waals surface area contributed by atoms with E-state index in [9.17, 15) is 8.42 Å². The summed E-state index contributed by atoms with van der Waals surface area (Å²) >= 11 is 0. The summed E-state index contributed by atoms with van der Waals surface area (Å²) in [5, 5.41) is 1.01. The van der Waals surface area contributed by atoms with E-state index in [0.717, 1.165) is 61.8 Å². The zero-order valence-electron chi connectivity index (χ0n) is 27.5. The van der Waals surface area contributed by atoms with E-state index in [2.05, 4.69) is 86.3 Å². The van der Waals surface area contributed by atoms with Crippen LogP contribution >= 0.6 is 0 Å². The van der Waals surface area contributed by atoms with E-state index in [0.29, 0.717) is 0 Å². The molecule has 0 fully saturated rings. The van der Waals surface area contributed by atoms with Crippen LogP contribution in [-0.4, -0.2) is 13.4 Å². The molecule has 1 aliphatic heterocycles. The van der Waals surface area contributed by atoms with Crippen molar-refractivity contribution in [2.24, 2.45) is 0 Å². The van der Waals surface area contributed by atoms with Crippen molar-refractivity contribution in [2.45, 2.75) is 36.0 Å². The van der Waals surface area contributed by atoms with Crippen molar-refractivity contribution in [3.63, 3.8) is 0 Å². The first-order valence-corrected chi connectivity index (χ1v) is 17.8. The Hall–Kier alpha value is -5.72. The molecule has 5 nitrogen and oxygen atoms in total. The quantitative estimate of drug-likeness (QED) is 0.184. The van der Waals surface area contributed by atoms with Gasteiger partial charge in [0.15, 0.2) is 11.5 Å². The van der Waals surface area contributed by atoms with Crippen LogP contribution in [0.3, 0.4) is 0 Å². The molecule has 240 valence electrons. The number of nitrogens with zero attached hydrogens (tertiary/aromatic N) is 2. The topological polar surface area (TPSA) is 59.5 Å². The molecule has 0 saturated heterocycles. The molecule has 8 rings (SSSR count). The molecule has 0 bridgehead atoms. The molecule has 0 atom stereocenters. The van der Waals surface area contributed by atoms with Gasteiger partial charge in [-0.3, -0.25) is 0 Å². The molecule has 49 heavy (non-hydrogen) atoms. The maximum Gasteiger partial charge on any atom is 0.206 e.